The number of carbonyl (C=O) groups excluding carboxylic acids is 1. The number of carbonyl (C=O) groups is 1. The topological polar surface area (TPSA) is 93.9 Å². The van der Waals surface area contributed by atoms with Crippen LogP contribution in [-0.4, -0.2) is 62.8 Å². The molecule has 38 heavy (non-hydrogen) atoms. The Labute approximate surface area is 218 Å². The molecule has 4 rings (SSSR count). The van der Waals surface area contributed by atoms with Crippen molar-refractivity contribution in [2.45, 2.75) is 57.8 Å². The van der Waals surface area contributed by atoms with E-state index in [1.54, 1.807) is 46.2 Å². The molecule has 3 aromatic heterocycles. The maximum Gasteiger partial charge on any atom is 0.389 e. The Morgan fingerprint density at radius 1 is 1.29 bits per heavy atom. The Balaban J connectivity index is 1.75. The van der Waals surface area contributed by atoms with Crippen molar-refractivity contribution in [3.63, 3.8) is 0 Å². The number of alkyl halides is 3. The molecular formula is C26H31F3N6O3. The van der Waals surface area contributed by atoms with Crippen LogP contribution in [0.2, 0.25) is 0 Å². The molecule has 0 saturated heterocycles. The van der Waals surface area contributed by atoms with Crippen molar-refractivity contribution in [1.29, 1.82) is 0 Å². The molecule has 0 aliphatic carbocycles. The number of aromatic nitrogens is 4. The van der Waals surface area contributed by atoms with E-state index in [2.05, 4.69) is 15.3 Å². The second-order valence-corrected chi connectivity index (χ2v) is 9.01. The zero-order valence-electron chi connectivity index (χ0n) is 21.5. The Hall–Kier alpha value is -3.83. The van der Waals surface area contributed by atoms with Gasteiger partial charge in [0.05, 0.1) is 31.0 Å². The summed E-state index contributed by atoms with van der Waals surface area (Å²) < 4.78 is 52.1. The highest BCUT2D eigenvalue weighted by Crippen LogP contribution is 2.33. The molecule has 4 heterocycles. The van der Waals surface area contributed by atoms with Gasteiger partial charge in [0.25, 0.3) is 5.88 Å². The van der Waals surface area contributed by atoms with Crippen LogP contribution in [0.3, 0.4) is 0 Å². The summed E-state index contributed by atoms with van der Waals surface area (Å²) in [4.78, 5) is 28.3. The standard InChI is InChI=1S/C26H31F3N6O3/c1-4-35-17(2)18-14-20(23(37-3)31-15-18)21-16-34-12-11-30-22(34)24(33-21)38-13-7-5-6-8-19(32-25(35)36)9-10-26(27,28)29/h6,8,11-12,14-17,19H,4-5,7,9-10,13H2,1-3H3,(H,32,36)/b8-6-/t17-,19-/m1/s1. The number of rotatable bonds is 4. The van der Waals surface area contributed by atoms with Crippen molar-refractivity contribution in [3.05, 3.63) is 48.6 Å². The van der Waals surface area contributed by atoms with Crippen molar-refractivity contribution in [3.8, 4) is 23.0 Å². The second kappa shape index (κ2) is 11.7. The highest BCUT2D eigenvalue weighted by Gasteiger charge is 2.29. The molecule has 2 atom stereocenters. The summed E-state index contributed by atoms with van der Waals surface area (Å²) in [6.45, 7) is 4.31. The summed E-state index contributed by atoms with van der Waals surface area (Å²) in [6, 6.07) is 0.183. The van der Waals surface area contributed by atoms with Crippen LogP contribution in [0.5, 0.6) is 11.8 Å². The predicted molar refractivity (Wildman–Crippen MR) is 135 cm³/mol. The van der Waals surface area contributed by atoms with Gasteiger partial charge < -0.3 is 24.1 Å². The zero-order chi connectivity index (χ0) is 27.3. The molecule has 0 radical (unpaired) electrons. The number of allylic oxidation sites excluding steroid dienone is 1. The molecule has 4 bridgehead atoms. The lowest BCUT2D eigenvalue weighted by Crippen LogP contribution is -2.45. The molecule has 0 aromatic carbocycles. The predicted octanol–water partition coefficient (Wildman–Crippen LogP) is 5.33. The Morgan fingerprint density at radius 3 is 2.84 bits per heavy atom. The molecule has 12 heteroatoms. The smallest absolute Gasteiger partial charge is 0.389 e. The van der Waals surface area contributed by atoms with E-state index in [0.29, 0.717) is 60.2 Å². The van der Waals surface area contributed by atoms with Crippen LogP contribution in [-0.2, 0) is 0 Å². The van der Waals surface area contributed by atoms with Crippen LogP contribution >= 0.6 is 0 Å². The minimum absolute atomic E-state index is 0.254. The fraction of sp³-hybridized carbons (Fsp3) is 0.462. The molecule has 1 N–H and O–H groups in total. The van der Waals surface area contributed by atoms with Crippen LogP contribution in [0.4, 0.5) is 18.0 Å². The van der Waals surface area contributed by atoms with Crippen molar-refractivity contribution < 1.29 is 27.4 Å². The third-order valence-corrected chi connectivity index (χ3v) is 6.41. The average Bonchev–Trinajstić information content (AvgIpc) is 3.37. The van der Waals surface area contributed by atoms with E-state index in [9.17, 15) is 18.0 Å². The zero-order valence-corrected chi connectivity index (χ0v) is 21.5. The summed E-state index contributed by atoms with van der Waals surface area (Å²) in [5, 5.41) is 2.77. The van der Waals surface area contributed by atoms with E-state index in [-0.39, 0.29) is 6.42 Å². The molecular weight excluding hydrogens is 501 g/mol. The monoisotopic (exact) mass is 532 g/mol. The van der Waals surface area contributed by atoms with Gasteiger partial charge in [-0.3, -0.25) is 0 Å². The maximum absolute atomic E-state index is 13.2. The second-order valence-electron chi connectivity index (χ2n) is 9.01. The van der Waals surface area contributed by atoms with E-state index in [1.165, 1.54) is 7.11 Å². The minimum Gasteiger partial charge on any atom is -0.481 e. The third-order valence-electron chi connectivity index (χ3n) is 6.41. The highest BCUT2D eigenvalue weighted by atomic mass is 19.4. The molecule has 0 spiro atoms. The quantitative estimate of drug-likeness (QED) is 0.457. The summed E-state index contributed by atoms with van der Waals surface area (Å²) in [5.74, 6) is 0.692. The van der Waals surface area contributed by atoms with Gasteiger partial charge in [0.1, 0.15) is 0 Å². The van der Waals surface area contributed by atoms with Gasteiger partial charge in [-0.15, -0.1) is 0 Å². The first-order valence-corrected chi connectivity index (χ1v) is 12.5. The summed E-state index contributed by atoms with van der Waals surface area (Å²) in [7, 11) is 1.51. The van der Waals surface area contributed by atoms with Crippen LogP contribution in [0.25, 0.3) is 16.9 Å². The maximum atomic E-state index is 13.2. The van der Waals surface area contributed by atoms with E-state index >= 15 is 0 Å². The van der Waals surface area contributed by atoms with Gasteiger partial charge in [-0.1, -0.05) is 12.2 Å². The van der Waals surface area contributed by atoms with Gasteiger partial charge in [0, 0.05) is 43.8 Å². The third kappa shape index (κ3) is 6.35. The van der Waals surface area contributed by atoms with Gasteiger partial charge in [-0.2, -0.15) is 13.2 Å². The highest BCUT2D eigenvalue weighted by molar-refractivity contribution is 5.75. The number of fused-ring (bicyclic) bond motifs is 7. The van der Waals surface area contributed by atoms with E-state index in [4.69, 9.17) is 14.5 Å². The van der Waals surface area contributed by atoms with Gasteiger partial charge in [0.15, 0.2) is 0 Å². The average molecular weight is 533 g/mol. The normalized spacial score (nSPS) is 19.9. The number of ether oxygens (including phenoxy) is 2. The molecule has 1 aliphatic heterocycles. The number of pyridine rings is 1. The number of nitrogens with zero attached hydrogens (tertiary/aromatic N) is 5. The number of nitrogens with one attached hydrogen (secondary N) is 1. The molecule has 9 nitrogen and oxygen atoms in total. The number of urea groups is 1. The van der Waals surface area contributed by atoms with Gasteiger partial charge >= 0.3 is 12.2 Å². The Bertz CT molecular complexity index is 1290. The Kier molecular flexibility index (Phi) is 8.38. The summed E-state index contributed by atoms with van der Waals surface area (Å²) in [5.41, 5.74) is 2.41. The van der Waals surface area contributed by atoms with Crippen molar-refractivity contribution in [2.75, 3.05) is 20.3 Å². The first-order valence-electron chi connectivity index (χ1n) is 12.5. The molecule has 0 saturated carbocycles. The van der Waals surface area contributed by atoms with Crippen LogP contribution in [0.1, 0.15) is 51.1 Å². The lowest BCUT2D eigenvalue weighted by atomic mass is 10.1. The van der Waals surface area contributed by atoms with Crippen LogP contribution in [0.15, 0.2) is 43.0 Å². The minimum atomic E-state index is -4.32. The van der Waals surface area contributed by atoms with E-state index < -0.39 is 30.7 Å². The van der Waals surface area contributed by atoms with Crippen molar-refractivity contribution in [2.24, 2.45) is 0 Å². The van der Waals surface area contributed by atoms with Crippen LogP contribution < -0.4 is 14.8 Å². The molecule has 0 unspecified atom stereocenters. The van der Waals surface area contributed by atoms with E-state index in [1.807, 2.05) is 19.9 Å². The first kappa shape index (κ1) is 27.2. The SMILES string of the molecule is CCN1C(=O)N[C@@H](CCC(F)(F)F)/C=C\CCCOc2nc(cn3ccnc23)-c2cc(cnc2OC)[C@H]1C. The lowest BCUT2D eigenvalue weighted by Gasteiger charge is -2.30. The lowest BCUT2D eigenvalue weighted by molar-refractivity contribution is -0.136. The number of amides is 2. The molecule has 1 aliphatic rings. The molecule has 204 valence electrons. The number of halogens is 3. The molecule has 0 fully saturated rings. The van der Waals surface area contributed by atoms with Crippen molar-refractivity contribution >= 4 is 11.7 Å². The first-order chi connectivity index (χ1) is 18.2. The molecule has 3 aromatic rings. The largest absolute Gasteiger partial charge is 0.481 e. The van der Waals surface area contributed by atoms with Gasteiger partial charge in [-0.25, -0.2) is 19.7 Å². The van der Waals surface area contributed by atoms with E-state index in [0.717, 1.165) is 0 Å². The van der Waals surface area contributed by atoms with Gasteiger partial charge in [0.2, 0.25) is 11.5 Å². The Morgan fingerprint density at radius 2 is 2.11 bits per heavy atom. The fourth-order valence-electron chi connectivity index (χ4n) is 4.35. The fourth-order valence-corrected chi connectivity index (χ4v) is 4.35. The van der Waals surface area contributed by atoms with Gasteiger partial charge in [-0.05, 0) is 44.7 Å². The van der Waals surface area contributed by atoms with Crippen LogP contribution in [0, 0.1) is 0 Å². The molecule has 2 amide bonds. The van der Waals surface area contributed by atoms with Crippen molar-refractivity contribution in [1.82, 2.24) is 29.6 Å². The number of hydrogen-bond acceptors (Lipinski definition) is 6. The number of methoxy groups -OCH3 is 1. The summed E-state index contributed by atoms with van der Waals surface area (Å²) >= 11 is 0. The number of hydrogen-bond donors (Lipinski definition) is 1. The number of imidazole rings is 1. The summed E-state index contributed by atoms with van der Waals surface area (Å²) in [6.07, 6.45) is 5.82.